The van der Waals surface area contributed by atoms with Gasteiger partial charge in [-0.15, -0.1) is 0 Å². The quantitative estimate of drug-likeness (QED) is 0.490. The van der Waals surface area contributed by atoms with Crippen molar-refractivity contribution in [2.45, 2.75) is 6.92 Å². The average molecular weight is 109 g/mol. The molecule has 8 heavy (non-hydrogen) atoms. The third kappa shape index (κ3) is 0.900. The van der Waals surface area contributed by atoms with Crippen LogP contribution >= 0.6 is 0 Å². The van der Waals surface area contributed by atoms with Crippen LogP contribution in [0.15, 0.2) is 0 Å². The first-order valence-corrected chi connectivity index (χ1v) is 2.13. The van der Waals surface area contributed by atoms with Crippen LogP contribution in [0.4, 0.5) is 5.95 Å². The monoisotopic (exact) mass is 109 g/mol. The molecule has 2 N–H and O–H groups in total. The minimum absolute atomic E-state index is 0.220. The predicted octanol–water partition coefficient (Wildman–Crippen LogP) is -0.438. The molecule has 0 spiro atoms. The minimum Gasteiger partial charge on any atom is -0.368 e. The molecule has 0 saturated heterocycles. The van der Waals surface area contributed by atoms with Gasteiger partial charge in [0.1, 0.15) is 5.82 Å². The summed E-state index contributed by atoms with van der Waals surface area (Å²) in [6, 6.07) is 0. The van der Waals surface area contributed by atoms with Gasteiger partial charge in [0, 0.05) is 0 Å². The molecule has 0 fully saturated rings. The Kier molecular flexibility index (Phi) is 1.07. The van der Waals surface area contributed by atoms with Crippen LogP contribution in [-0.2, 0) is 0 Å². The maximum Gasteiger partial charge on any atom is 0.223 e. The van der Waals surface area contributed by atoms with Gasteiger partial charge in [-0.1, -0.05) is 0 Å². The Morgan fingerprint density at radius 2 is 2.25 bits per heavy atom. The van der Waals surface area contributed by atoms with Crippen molar-refractivity contribution < 1.29 is 0 Å². The van der Waals surface area contributed by atoms with E-state index in [4.69, 9.17) is 5.73 Å². The second kappa shape index (κ2) is 1.73. The number of aryl methyl sites for hydroxylation is 1. The smallest absolute Gasteiger partial charge is 0.223 e. The summed E-state index contributed by atoms with van der Waals surface area (Å²) < 4.78 is 0. The standard InChI is InChI=1S/C4H5N4/c1-3-6-2-7-4(5)8-3/h1H3,(H2,5,6,7,8). The number of nitrogens with zero attached hydrogens (tertiary/aromatic N) is 3. The van der Waals surface area contributed by atoms with Gasteiger partial charge in [0.05, 0.1) is 0 Å². The fourth-order valence-electron chi connectivity index (χ4n) is 0.364. The van der Waals surface area contributed by atoms with Crippen molar-refractivity contribution in [3.05, 3.63) is 12.2 Å². The van der Waals surface area contributed by atoms with Crippen molar-refractivity contribution in [3.8, 4) is 0 Å². The molecule has 0 aliphatic rings. The molecule has 0 aliphatic heterocycles. The summed E-state index contributed by atoms with van der Waals surface area (Å²) >= 11 is 0. The summed E-state index contributed by atoms with van der Waals surface area (Å²) in [6.07, 6.45) is 2.34. The first-order chi connectivity index (χ1) is 3.79. The SMILES string of the molecule is Cc1n[c]nc(N)n1. The van der Waals surface area contributed by atoms with Crippen molar-refractivity contribution in [1.29, 1.82) is 0 Å². The Hall–Kier alpha value is -1.19. The highest BCUT2D eigenvalue weighted by atomic mass is 15.1. The van der Waals surface area contributed by atoms with Crippen LogP contribution in [0.25, 0.3) is 0 Å². The molecule has 0 bridgehead atoms. The van der Waals surface area contributed by atoms with Crippen molar-refractivity contribution in [2.75, 3.05) is 5.73 Å². The van der Waals surface area contributed by atoms with E-state index in [2.05, 4.69) is 21.3 Å². The molecule has 1 heterocycles. The summed E-state index contributed by atoms with van der Waals surface area (Å²) in [5.74, 6) is 0.815. The van der Waals surface area contributed by atoms with Crippen LogP contribution in [0.1, 0.15) is 5.82 Å². The Morgan fingerprint density at radius 3 is 2.62 bits per heavy atom. The minimum atomic E-state index is 0.220. The van der Waals surface area contributed by atoms with Gasteiger partial charge in [0.2, 0.25) is 12.3 Å². The van der Waals surface area contributed by atoms with Crippen molar-refractivity contribution in [2.24, 2.45) is 0 Å². The van der Waals surface area contributed by atoms with E-state index >= 15 is 0 Å². The van der Waals surface area contributed by atoms with E-state index in [9.17, 15) is 0 Å². The zero-order valence-corrected chi connectivity index (χ0v) is 4.42. The second-order valence-electron chi connectivity index (χ2n) is 1.34. The van der Waals surface area contributed by atoms with E-state index < -0.39 is 0 Å². The van der Waals surface area contributed by atoms with Gasteiger partial charge in [-0.2, -0.15) is 9.97 Å². The summed E-state index contributed by atoms with van der Waals surface area (Å²) in [6.45, 7) is 1.73. The number of hydrogen-bond donors (Lipinski definition) is 1. The normalized spacial score (nSPS) is 9.12. The van der Waals surface area contributed by atoms with E-state index in [1.165, 1.54) is 0 Å². The average Bonchev–Trinajstić information content (AvgIpc) is 1.64. The lowest BCUT2D eigenvalue weighted by atomic mass is 10.7. The highest BCUT2D eigenvalue weighted by molar-refractivity contribution is 5.11. The Labute approximate surface area is 46.8 Å². The summed E-state index contributed by atoms with van der Waals surface area (Å²) in [5.41, 5.74) is 5.17. The van der Waals surface area contributed by atoms with Crippen LogP contribution in [0.3, 0.4) is 0 Å². The summed E-state index contributed by atoms with van der Waals surface area (Å²) in [7, 11) is 0. The van der Waals surface area contributed by atoms with Crippen molar-refractivity contribution in [1.82, 2.24) is 15.0 Å². The number of anilines is 1. The highest BCUT2D eigenvalue weighted by Crippen LogP contribution is 1.85. The van der Waals surface area contributed by atoms with Crippen molar-refractivity contribution in [3.63, 3.8) is 0 Å². The lowest BCUT2D eigenvalue weighted by molar-refractivity contribution is 0.978. The lowest BCUT2D eigenvalue weighted by Gasteiger charge is -1.87. The molecule has 1 aromatic heterocycles. The molecule has 0 amide bonds. The Bertz CT molecular complexity index is 168. The second-order valence-corrected chi connectivity index (χ2v) is 1.34. The third-order valence-corrected chi connectivity index (χ3v) is 0.653. The number of hydrogen-bond acceptors (Lipinski definition) is 4. The number of nitrogens with two attached hydrogens (primary N) is 1. The molecular formula is C4H5N4. The van der Waals surface area contributed by atoms with Gasteiger partial charge in [-0.25, -0.2) is 4.98 Å². The van der Waals surface area contributed by atoms with Crippen LogP contribution < -0.4 is 5.73 Å². The fourth-order valence-corrected chi connectivity index (χ4v) is 0.364. The molecular weight excluding hydrogens is 104 g/mol. The van der Waals surface area contributed by atoms with E-state index in [-0.39, 0.29) is 5.95 Å². The Morgan fingerprint density at radius 1 is 1.50 bits per heavy atom. The van der Waals surface area contributed by atoms with Crippen molar-refractivity contribution >= 4 is 5.95 Å². The molecule has 0 atom stereocenters. The van der Waals surface area contributed by atoms with Gasteiger partial charge < -0.3 is 5.73 Å². The molecule has 1 aromatic rings. The van der Waals surface area contributed by atoms with Crippen LogP contribution in [0.5, 0.6) is 0 Å². The molecule has 0 aliphatic carbocycles. The zero-order chi connectivity index (χ0) is 5.98. The van der Waals surface area contributed by atoms with Gasteiger partial charge in [0.15, 0.2) is 0 Å². The molecule has 0 saturated carbocycles. The first-order valence-electron chi connectivity index (χ1n) is 2.13. The maximum absolute atomic E-state index is 5.17. The maximum atomic E-state index is 5.17. The molecule has 0 unspecified atom stereocenters. The van der Waals surface area contributed by atoms with Crippen LogP contribution in [0, 0.1) is 13.3 Å². The zero-order valence-electron chi connectivity index (χ0n) is 4.42. The van der Waals surface area contributed by atoms with E-state index in [0.29, 0.717) is 5.82 Å². The molecule has 0 aromatic carbocycles. The highest BCUT2D eigenvalue weighted by Gasteiger charge is 1.86. The number of aromatic nitrogens is 3. The molecule has 1 rings (SSSR count). The van der Waals surface area contributed by atoms with Crippen LogP contribution in [-0.4, -0.2) is 15.0 Å². The molecule has 4 heteroatoms. The lowest BCUT2D eigenvalue weighted by Crippen LogP contribution is -1.97. The molecule has 4 nitrogen and oxygen atoms in total. The summed E-state index contributed by atoms with van der Waals surface area (Å²) in [4.78, 5) is 10.8. The van der Waals surface area contributed by atoms with Gasteiger partial charge in [-0.05, 0) is 6.92 Å². The van der Waals surface area contributed by atoms with Gasteiger partial charge in [-0.3, -0.25) is 0 Å². The number of rotatable bonds is 0. The van der Waals surface area contributed by atoms with Gasteiger partial charge in [0.25, 0.3) is 0 Å². The predicted molar refractivity (Wildman–Crippen MR) is 27.8 cm³/mol. The number of nitrogen functional groups attached to an aromatic ring is 1. The molecule has 1 radical (unpaired) electrons. The van der Waals surface area contributed by atoms with E-state index in [1.807, 2.05) is 0 Å². The topological polar surface area (TPSA) is 64.7 Å². The Balaban J connectivity index is 3.08. The molecule has 41 valence electrons. The van der Waals surface area contributed by atoms with E-state index in [0.717, 1.165) is 0 Å². The van der Waals surface area contributed by atoms with E-state index in [1.54, 1.807) is 6.92 Å². The summed E-state index contributed by atoms with van der Waals surface area (Å²) in [5, 5.41) is 0. The first kappa shape index (κ1) is 4.96. The van der Waals surface area contributed by atoms with Crippen LogP contribution in [0.2, 0.25) is 0 Å². The fraction of sp³-hybridized carbons (Fsp3) is 0.250. The van der Waals surface area contributed by atoms with Gasteiger partial charge >= 0.3 is 0 Å². The third-order valence-electron chi connectivity index (χ3n) is 0.653. The largest absolute Gasteiger partial charge is 0.368 e.